The molecule has 0 spiro atoms. The topological polar surface area (TPSA) is 45.1 Å². The molecule has 0 fully saturated rings. The molecule has 4 heteroatoms. The molecule has 3 nitrogen and oxygen atoms in total. The minimum Gasteiger partial charge on any atom is -0.394 e. The van der Waals surface area contributed by atoms with Gasteiger partial charge in [-0.2, -0.15) is 0 Å². The van der Waals surface area contributed by atoms with Crippen LogP contribution < -0.4 is 5.32 Å². The van der Waals surface area contributed by atoms with E-state index in [2.05, 4.69) is 26.2 Å². The Bertz CT molecular complexity index is 512. The van der Waals surface area contributed by atoms with E-state index in [9.17, 15) is 5.11 Å². The molecular weight excluding hydrogens is 280 g/mol. The van der Waals surface area contributed by atoms with Gasteiger partial charge in [0.15, 0.2) is 0 Å². The quantitative estimate of drug-likeness (QED) is 0.910. The molecule has 1 aromatic heterocycles. The smallest absolute Gasteiger partial charge is 0.134 e. The summed E-state index contributed by atoms with van der Waals surface area (Å²) >= 11 is 3.53. The summed E-state index contributed by atoms with van der Waals surface area (Å²) < 4.78 is 1.05. The van der Waals surface area contributed by atoms with Gasteiger partial charge in [0.05, 0.1) is 12.6 Å². The molecule has 2 aromatic rings. The summed E-state index contributed by atoms with van der Waals surface area (Å²) in [4.78, 5) is 4.34. The van der Waals surface area contributed by atoms with Crippen LogP contribution in [0.4, 0.5) is 5.82 Å². The van der Waals surface area contributed by atoms with Gasteiger partial charge in [-0.15, -0.1) is 0 Å². The number of anilines is 1. The van der Waals surface area contributed by atoms with Gasteiger partial charge < -0.3 is 10.4 Å². The van der Waals surface area contributed by atoms with Crippen molar-refractivity contribution >= 4 is 32.5 Å². The zero-order chi connectivity index (χ0) is 12.3. The highest BCUT2D eigenvalue weighted by atomic mass is 79.9. The van der Waals surface area contributed by atoms with Crippen molar-refractivity contribution in [2.24, 2.45) is 0 Å². The summed E-state index contributed by atoms with van der Waals surface area (Å²) in [5.41, 5.74) is 0. The number of halogens is 1. The Morgan fingerprint density at radius 2 is 2.18 bits per heavy atom. The van der Waals surface area contributed by atoms with E-state index in [-0.39, 0.29) is 12.6 Å². The number of nitrogens with zero attached hydrogens (tertiary/aromatic N) is 1. The van der Waals surface area contributed by atoms with Crippen LogP contribution in [0.25, 0.3) is 10.8 Å². The van der Waals surface area contributed by atoms with Crippen molar-refractivity contribution < 1.29 is 5.11 Å². The lowest BCUT2D eigenvalue weighted by Crippen LogP contribution is -2.23. The number of fused-ring (bicyclic) bond motifs is 1. The first-order chi connectivity index (χ1) is 8.26. The van der Waals surface area contributed by atoms with Crippen LogP contribution in [-0.2, 0) is 0 Å². The highest BCUT2D eigenvalue weighted by Crippen LogP contribution is 2.27. The van der Waals surface area contributed by atoms with E-state index in [1.165, 1.54) is 0 Å². The van der Waals surface area contributed by atoms with E-state index in [0.717, 1.165) is 27.5 Å². The fourth-order valence-corrected chi connectivity index (χ4v) is 2.25. The molecule has 90 valence electrons. The second kappa shape index (κ2) is 5.47. The molecule has 1 atom stereocenters. The Labute approximate surface area is 109 Å². The number of aromatic nitrogens is 1. The summed E-state index contributed by atoms with van der Waals surface area (Å²) in [6.45, 7) is 2.15. The van der Waals surface area contributed by atoms with Crippen LogP contribution in [0.2, 0.25) is 0 Å². The van der Waals surface area contributed by atoms with E-state index in [1.807, 2.05) is 31.2 Å². The number of aliphatic hydroxyl groups is 1. The van der Waals surface area contributed by atoms with Crippen molar-refractivity contribution in [2.45, 2.75) is 19.4 Å². The van der Waals surface area contributed by atoms with Crippen molar-refractivity contribution in [2.75, 3.05) is 11.9 Å². The van der Waals surface area contributed by atoms with Crippen LogP contribution in [-0.4, -0.2) is 22.7 Å². The van der Waals surface area contributed by atoms with E-state index in [0.29, 0.717) is 0 Å². The predicted octanol–water partition coefficient (Wildman–Crippen LogP) is 3.18. The predicted molar refractivity (Wildman–Crippen MR) is 74.2 cm³/mol. The molecule has 0 amide bonds. The first-order valence-electron chi connectivity index (χ1n) is 5.67. The third kappa shape index (κ3) is 2.58. The molecule has 2 rings (SSSR count). The number of nitrogens with one attached hydrogen (secondary N) is 1. The third-order valence-electron chi connectivity index (χ3n) is 2.81. The van der Waals surface area contributed by atoms with Crippen LogP contribution in [0.5, 0.6) is 0 Å². The number of rotatable bonds is 4. The van der Waals surface area contributed by atoms with Crippen molar-refractivity contribution in [3.63, 3.8) is 0 Å². The number of benzene rings is 1. The first-order valence-corrected chi connectivity index (χ1v) is 6.46. The lowest BCUT2D eigenvalue weighted by Gasteiger charge is -2.16. The molecular formula is C13H15BrN2O. The Hall–Kier alpha value is -1.13. The summed E-state index contributed by atoms with van der Waals surface area (Å²) in [6, 6.07) is 8.05. The Kier molecular flexibility index (Phi) is 3.97. The van der Waals surface area contributed by atoms with E-state index in [1.54, 1.807) is 6.20 Å². The molecule has 0 aliphatic carbocycles. The standard InChI is InChI=1S/C13H15BrN2O/c1-2-9(8-17)16-13-11-4-3-5-12(14)10(11)6-7-15-13/h3-7,9,17H,2,8H2,1H3,(H,15,16). The molecule has 0 saturated heterocycles. The van der Waals surface area contributed by atoms with E-state index < -0.39 is 0 Å². The van der Waals surface area contributed by atoms with E-state index in [4.69, 9.17) is 0 Å². The van der Waals surface area contributed by atoms with Gasteiger partial charge in [0.2, 0.25) is 0 Å². The van der Waals surface area contributed by atoms with Gasteiger partial charge in [0.1, 0.15) is 5.82 Å². The fourth-order valence-electron chi connectivity index (χ4n) is 1.75. The highest BCUT2D eigenvalue weighted by Gasteiger charge is 2.08. The van der Waals surface area contributed by atoms with Crippen molar-refractivity contribution in [3.05, 3.63) is 34.9 Å². The normalized spacial score (nSPS) is 12.6. The molecule has 1 heterocycles. The van der Waals surface area contributed by atoms with Gasteiger partial charge >= 0.3 is 0 Å². The minimum atomic E-state index is 0.0482. The molecule has 0 aliphatic heterocycles. The maximum atomic E-state index is 9.21. The summed E-state index contributed by atoms with van der Waals surface area (Å²) in [5.74, 6) is 0.824. The zero-order valence-corrected chi connectivity index (χ0v) is 11.2. The molecule has 17 heavy (non-hydrogen) atoms. The summed E-state index contributed by atoms with van der Waals surface area (Å²) in [5, 5.41) is 14.7. The summed E-state index contributed by atoms with van der Waals surface area (Å²) in [6.07, 6.45) is 2.64. The van der Waals surface area contributed by atoms with Gasteiger partial charge in [-0.1, -0.05) is 35.0 Å². The Morgan fingerprint density at radius 1 is 1.35 bits per heavy atom. The number of hydrogen-bond donors (Lipinski definition) is 2. The molecule has 0 radical (unpaired) electrons. The Morgan fingerprint density at radius 3 is 2.88 bits per heavy atom. The average molecular weight is 295 g/mol. The molecule has 0 bridgehead atoms. The molecule has 0 aliphatic rings. The maximum absolute atomic E-state index is 9.21. The van der Waals surface area contributed by atoms with Crippen LogP contribution in [0.3, 0.4) is 0 Å². The van der Waals surface area contributed by atoms with Gasteiger partial charge in [-0.3, -0.25) is 0 Å². The van der Waals surface area contributed by atoms with Crippen LogP contribution in [0.15, 0.2) is 34.9 Å². The largest absolute Gasteiger partial charge is 0.394 e. The molecule has 0 saturated carbocycles. The lowest BCUT2D eigenvalue weighted by molar-refractivity contribution is 0.271. The molecule has 2 N–H and O–H groups in total. The molecule has 1 unspecified atom stereocenters. The van der Waals surface area contributed by atoms with Crippen molar-refractivity contribution in [1.29, 1.82) is 0 Å². The van der Waals surface area contributed by atoms with Gasteiger partial charge in [-0.05, 0) is 18.6 Å². The number of aliphatic hydroxyl groups excluding tert-OH is 1. The monoisotopic (exact) mass is 294 g/mol. The minimum absolute atomic E-state index is 0.0482. The van der Waals surface area contributed by atoms with Crippen molar-refractivity contribution in [3.8, 4) is 0 Å². The number of pyridine rings is 1. The van der Waals surface area contributed by atoms with Gasteiger partial charge in [-0.25, -0.2) is 4.98 Å². The molecule has 1 aromatic carbocycles. The van der Waals surface area contributed by atoms with Gasteiger partial charge in [0, 0.05) is 21.4 Å². The van der Waals surface area contributed by atoms with Crippen LogP contribution in [0, 0.1) is 0 Å². The number of hydrogen-bond acceptors (Lipinski definition) is 3. The van der Waals surface area contributed by atoms with Crippen LogP contribution >= 0.6 is 15.9 Å². The second-order valence-corrected chi connectivity index (χ2v) is 4.78. The zero-order valence-electron chi connectivity index (χ0n) is 9.65. The Balaban J connectivity index is 2.44. The van der Waals surface area contributed by atoms with Crippen molar-refractivity contribution in [1.82, 2.24) is 4.98 Å². The SMILES string of the molecule is CCC(CO)Nc1nccc2c(Br)cccc12. The highest BCUT2D eigenvalue weighted by molar-refractivity contribution is 9.10. The average Bonchev–Trinajstić information content (AvgIpc) is 2.37. The summed E-state index contributed by atoms with van der Waals surface area (Å²) in [7, 11) is 0. The third-order valence-corrected chi connectivity index (χ3v) is 3.50. The maximum Gasteiger partial charge on any atom is 0.134 e. The first kappa shape index (κ1) is 12.3. The van der Waals surface area contributed by atoms with Gasteiger partial charge in [0.25, 0.3) is 0 Å². The fraction of sp³-hybridized carbons (Fsp3) is 0.308. The van der Waals surface area contributed by atoms with E-state index >= 15 is 0 Å². The second-order valence-electron chi connectivity index (χ2n) is 3.93. The van der Waals surface area contributed by atoms with Crippen LogP contribution in [0.1, 0.15) is 13.3 Å². The lowest BCUT2D eigenvalue weighted by atomic mass is 10.1.